The summed E-state index contributed by atoms with van der Waals surface area (Å²) in [5.74, 6) is 5.41. The van der Waals surface area contributed by atoms with Crippen LogP contribution in [0.5, 0.6) is 0 Å². The molecule has 6 nitrogen and oxygen atoms in total. The van der Waals surface area contributed by atoms with E-state index in [1.807, 2.05) is 0 Å². The Hall–Kier alpha value is -1.91. The molecule has 2 heterocycles. The lowest BCUT2D eigenvalue weighted by Crippen LogP contribution is -2.33. The first kappa shape index (κ1) is 14.5. The van der Waals surface area contributed by atoms with E-state index in [1.165, 1.54) is 11.3 Å². The molecular formula is C13H15N3O3S. The molecule has 0 unspecified atom stereocenters. The number of amides is 2. The zero-order valence-corrected chi connectivity index (χ0v) is 11.7. The van der Waals surface area contributed by atoms with Crippen LogP contribution >= 0.6 is 11.3 Å². The number of rotatable bonds is 4. The lowest BCUT2D eigenvalue weighted by atomic mass is 10.4. The lowest BCUT2D eigenvalue weighted by Gasteiger charge is -2.13. The van der Waals surface area contributed by atoms with E-state index in [1.54, 1.807) is 11.1 Å². The van der Waals surface area contributed by atoms with E-state index in [-0.39, 0.29) is 25.0 Å². The molecule has 0 spiro atoms. The molecule has 1 saturated heterocycles. The van der Waals surface area contributed by atoms with E-state index >= 15 is 0 Å². The first-order valence-electron chi connectivity index (χ1n) is 6.32. The van der Waals surface area contributed by atoms with Gasteiger partial charge in [-0.1, -0.05) is 23.2 Å². The van der Waals surface area contributed by atoms with E-state index in [0.717, 1.165) is 11.3 Å². The predicted molar refractivity (Wildman–Crippen MR) is 75.1 cm³/mol. The average molecular weight is 293 g/mol. The fraction of sp³-hybridized carbons (Fsp3) is 0.462. The van der Waals surface area contributed by atoms with E-state index in [0.29, 0.717) is 24.5 Å². The highest BCUT2D eigenvalue weighted by Gasteiger charge is 2.22. The van der Waals surface area contributed by atoms with Crippen LogP contribution in [0, 0.1) is 11.8 Å². The van der Waals surface area contributed by atoms with E-state index < -0.39 is 0 Å². The summed E-state index contributed by atoms with van der Waals surface area (Å²) in [7, 11) is 0. The van der Waals surface area contributed by atoms with Gasteiger partial charge in [-0.3, -0.25) is 9.59 Å². The molecule has 20 heavy (non-hydrogen) atoms. The fourth-order valence-corrected chi connectivity index (χ4v) is 2.51. The molecule has 0 saturated carbocycles. The molecule has 1 aromatic rings. The quantitative estimate of drug-likeness (QED) is 0.789. The maximum Gasteiger partial charge on any atom is 0.245 e. The Morgan fingerprint density at radius 2 is 2.45 bits per heavy atom. The van der Waals surface area contributed by atoms with Crippen LogP contribution < -0.4 is 5.32 Å². The highest BCUT2D eigenvalue weighted by molar-refractivity contribution is 7.16. The normalized spacial score (nSPS) is 14.1. The number of hydrogen-bond donors (Lipinski definition) is 2. The van der Waals surface area contributed by atoms with Gasteiger partial charge in [0.05, 0.1) is 24.2 Å². The van der Waals surface area contributed by atoms with Gasteiger partial charge in [0.25, 0.3) is 0 Å². The average Bonchev–Trinajstić information content (AvgIpc) is 3.00. The summed E-state index contributed by atoms with van der Waals surface area (Å²) in [5.41, 5.74) is 0. The summed E-state index contributed by atoms with van der Waals surface area (Å²) in [5, 5.41) is 11.7. The van der Waals surface area contributed by atoms with Gasteiger partial charge < -0.3 is 15.3 Å². The third kappa shape index (κ3) is 4.05. The minimum absolute atomic E-state index is 0.0230. The maximum absolute atomic E-state index is 11.8. The second-order valence-corrected chi connectivity index (χ2v) is 5.30. The van der Waals surface area contributed by atoms with Crippen molar-refractivity contribution in [3.8, 4) is 11.8 Å². The first-order valence-corrected chi connectivity index (χ1v) is 7.14. The summed E-state index contributed by atoms with van der Waals surface area (Å²) in [4.78, 5) is 29.5. The van der Waals surface area contributed by atoms with Gasteiger partial charge in [-0.05, 0) is 6.42 Å². The van der Waals surface area contributed by atoms with Gasteiger partial charge >= 0.3 is 0 Å². The third-order valence-corrected chi connectivity index (χ3v) is 3.53. The number of anilines is 1. The van der Waals surface area contributed by atoms with Crippen molar-refractivity contribution < 1.29 is 14.7 Å². The van der Waals surface area contributed by atoms with Gasteiger partial charge in [0, 0.05) is 19.4 Å². The fourth-order valence-electron chi connectivity index (χ4n) is 1.80. The van der Waals surface area contributed by atoms with Crippen LogP contribution in [-0.4, -0.2) is 46.5 Å². The Morgan fingerprint density at radius 1 is 1.60 bits per heavy atom. The summed E-state index contributed by atoms with van der Waals surface area (Å²) in [6.07, 6.45) is 3.32. The summed E-state index contributed by atoms with van der Waals surface area (Å²) in [6.45, 7) is 0.741. The number of aromatic nitrogens is 1. The van der Waals surface area contributed by atoms with Gasteiger partial charge in [-0.15, -0.1) is 0 Å². The van der Waals surface area contributed by atoms with Crippen LogP contribution in [0.25, 0.3) is 0 Å². The van der Waals surface area contributed by atoms with Gasteiger partial charge in [0.2, 0.25) is 11.8 Å². The molecule has 2 amide bonds. The SMILES string of the molecule is O=C(CN1CCCC1=O)Nc1ncc(C#CCCO)s1. The van der Waals surface area contributed by atoms with Crippen LogP contribution in [0.2, 0.25) is 0 Å². The highest BCUT2D eigenvalue weighted by atomic mass is 32.1. The standard InChI is InChI=1S/C13H15N3O3S/c17-7-2-1-4-10-8-14-13(20-10)15-11(18)9-16-6-3-5-12(16)19/h8,17H,2-3,5-7,9H2,(H,14,15,18). The van der Waals surface area contributed by atoms with Crippen LogP contribution in [0.1, 0.15) is 24.1 Å². The van der Waals surface area contributed by atoms with Crippen molar-refractivity contribution in [2.45, 2.75) is 19.3 Å². The van der Waals surface area contributed by atoms with E-state index in [2.05, 4.69) is 22.1 Å². The molecule has 0 aliphatic carbocycles. The van der Waals surface area contributed by atoms with Crippen LogP contribution in [0.4, 0.5) is 5.13 Å². The molecular weight excluding hydrogens is 278 g/mol. The number of carbonyl (C=O) groups is 2. The Bertz CT molecular complexity index is 559. The minimum atomic E-state index is -0.246. The number of aliphatic hydroxyl groups is 1. The van der Waals surface area contributed by atoms with Crippen molar-refractivity contribution in [2.24, 2.45) is 0 Å². The number of thiazole rings is 1. The number of aliphatic hydroxyl groups excluding tert-OH is 1. The molecule has 1 aliphatic rings. The molecule has 0 atom stereocenters. The van der Waals surface area contributed by atoms with Crippen LogP contribution in [-0.2, 0) is 9.59 Å². The van der Waals surface area contributed by atoms with Gasteiger partial charge in [-0.25, -0.2) is 4.98 Å². The molecule has 2 N–H and O–H groups in total. The molecule has 2 rings (SSSR count). The molecule has 1 fully saturated rings. The van der Waals surface area contributed by atoms with E-state index in [4.69, 9.17) is 5.11 Å². The van der Waals surface area contributed by atoms with Crippen molar-refractivity contribution in [3.05, 3.63) is 11.1 Å². The van der Waals surface area contributed by atoms with Crippen LogP contribution in [0.15, 0.2) is 6.20 Å². The zero-order chi connectivity index (χ0) is 14.4. The Morgan fingerprint density at radius 3 is 3.15 bits per heavy atom. The molecule has 0 bridgehead atoms. The van der Waals surface area contributed by atoms with Gasteiger partial charge in [0.15, 0.2) is 5.13 Å². The number of nitrogens with zero attached hydrogens (tertiary/aromatic N) is 2. The van der Waals surface area contributed by atoms with Crippen molar-refractivity contribution in [2.75, 3.05) is 25.0 Å². The summed E-state index contributed by atoms with van der Waals surface area (Å²) in [6, 6.07) is 0. The number of nitrogens with one attached hydrogen (secondary N) is 1. The summed E-state index contributed by atoms with van der Waals surface area (Å²) >= 11 is 1.27. The monoisotopic (exact) mass is 293 g/mol. The van der Waals surface area contributed by atoms with Crippen molar-refractivity contribution >= 4 is 28.3 Å². The maximum atomic E-state index is 11.8. The number of carbonyl (C=O) groups excluding carboxylic acids is 2. The largest absolute Gasteiger partial charge is 0.395 e. The lowest BCUT2D eigenvalue weighted by molar-refractivity contribution is -0.131. The predicted octanol–water partition coefficient (Wildman–Crippen LogP) is 0.438. The smallest absolute Gasteiger partial charge is 0.245 e. The number of hydrogen-bond acceptors (Lipinski definition) is 5. The minimum Gasteiger partial charge on any atom is -0.395 e. The number of likely N-dealkylation sites (tertiary alicyclic amines) is 1. The zero-order valence-electron chi connectivity index (χ0n) is 10.9. The highest BCUT2D eigenvalue weighted by Crippen LogP contribution is 2.17. The van der Waals surface area contributed by atoms with Gasteiger partial charge in [0.1, 0.15) is 0 Å². The van der Waals surface area contributed by atoms with Crippen LogP contribution in [0.3, 0.4) is 0 Å². The van der Waals surface area contributed by atoms with Crippen molar-refractivity contribution in [1.82, 2.24) is 9.88 Å². The molecule has 0 radical (unpaired) electrons. The van der Waals surface area contributed by atoms with E-state index in [9.17, 15) is 9.59 Å². The third-order valence-electron chi connectivity index (χ3n) is 2.71. The molecule has 0 aromatic carbocycles. The Balaban J connectivity index is 1.85. The second-order valence-electron chi connectivity index (χ2n) is 4.27. The molecule has 7 heteroatoms. The Kier molecular flexibility index (Phi) is 5.09. The topological polar surface area (TPSA) is 82.5 Å². The second kappa shape index (κ2) is 7.03. The molecule has 1 aromatic heterocycles. The van der Waals surface area contributed by atoms with Gasteiger partial charge in [-0.2, -0.15) is 0 Å². The molecule has 106 valence electrons. The van der Waals surface area contributed by atoms with Crippen molar-refractivity contribution in [3.63, 3.8) is 0 Å². The Labute approximate surface area is 120 Å². The van der Waals surface area contributed by atoms with Crippen molar-refractivity contribution in [1.29, 1.82) is 0 Å². The molecule has 1 aliphatic heterocycles. The first-order chi connectivity index (χ1) is 9.69. The summed E-state index contributed by atoms with van der Waals surface area (Å²) < 4.78 is 0.